The Kier molecular flexibility index (Phi) is 10.1. The molecule has 0 fully saturated rings. The summed E-state index contributed by atoms with van der Waals surface area (Å²) in [6, 6.07) is 0. The van der Waals surface area contributed by atoms with Crippen molar-refractivity contribution in [1.82, 2.24) is 15.0 Å². The zero-order valence-electron chi connectivity index (χ0n) is 14.7. The van der Waals surface area contributed by atoms with Crippen LogP contribution in [-0.4, -0.2) is 44.0 Å². The molecule has 6 nitrogen and oxygen atoms in total. The van der Waals surface area contributed by atoms with Crippen LogP contribution in [0.3, 0.4) is 0 Å². The minimum absolute atomic E-state index is 0.115. The van der Waals surface area contributed by atoms with E-state index in [9.17, 15) is 10.2 Å². The molecule has 0 aliphatic rings. The Morgan fingerprint density at radius 2 is 1.65 bits per heavy atom. The Balaban J connectivity index is 2.14. The average Bonchev–Trinajstić information content (AvgIpc) is 3.03. The summed E-state index contributed by atoms with van der Waals surface area (Å²) in [5.74, 6) is 0. The second-order valence-electron chi connectivity index (χ2n) is 6.76. The van der Waals surface area contributed by atoms with E-state index in [1.165, 1.54) is 44.9 Å². The van der Waals surface area contributed by atoms with Crippen LogP contribution in [0.2, 0.25) is 0 Å². The van der Waals surface area contributed by atoms with Crippen LogP contribution in [0.15, 0.2) is 6.20 Å². The Morgan fingerprint density at radius 1 is 1.04 bits per heavy atom. The molecule has 1 aromatic rings. The second kappa shape index (κ2) is 11.5. The summed E-state index contributed by atoms with van der Waals surface area (Å²) in [4.78, 5) is 0. The number of rotatable bonds is 14. The zero-order chi connectivity index (χ0) is 17.0. The lowest BCUT2D eigenvalue weighted by molar-refractivity contribution is -0.491. The Morgan fingerprint density at radius 3 is 2.26 bits per heavy atom. The molecule has 1 heterocycles. The van der Waals surface area contributed by atoms with Crippen molar-refractivity contribution in [2.24, 2.45) is 0 Å². The summed E-state index contributed by atoms with van der Waals surface area (Å²) in [7, 11) is 0. The van der Waals surface area contributed by atoms with Gasteiger partial charge in [-0.25, -0.2) is 0 Å². The van der Waals surface area contributed by atoms with Gasteiger partial charge in [0.05, 0.1) is 5.69 Å². The predicted molar refractivity (Wildman–Crippen MR) is 90.7 cm³/mol. The molecule has 0 aliphatic carbocycles. The summed E-state index contributed by atoms with van der Waals surface area (Å²) in [6.07, 6.45) is 13.7. The molecule has 0 atom stereocenters. The summed E-state index contributed by atoms with van der Waals surface area (Å²) < 4.78 is 1.90. The van der Waals surface area contributed by atoms with E-state index in [2.05, 4.69) is 23.0 Å². The molecule has 0 saturated heterocycles. The number of hydrogen-bond donors (Lipinski definition) is 3. The maximum Gasteiger partial charge on any atom is 0.141 e. The normalized spacial score (nSPS) is 12.0. The third-order valence-corrected chi connectivity index (χ3v) is 4.41. The number of aromatic nitrogens is 3. The molecule has 5 N–H and O–H groups in total. The molecule has 0 radical (unpaired) electrons. The van der Waals surface area contributed by atoms with Crippen molar-refractivity contribution < 1.29 is 15.9 Å². The van der Waals surface area contributed by atoms with Gasteiger partial charge in [-0.1, -0.05) is 57.1 Å². The molecule has 0 saturated carbocycles. The molecular formula is C17H35N4O2+. The number of hydrogen-bond acceptors (Lipinski definition) is 4. The first-order valence-electron chi connectivity index (χ1n) is 9.09. The molecule has 23 heavy (non-hydrogen) atoms. The minimum atomic E-state index is -0.679. The summed E-state index contributed by atoms with van der Waals surface area (Å²) in [5, 5.41) is 26.8. The number of nitrogens with zero attached hydrogens (tertiary/aromatic N) is 3. The van der Waals surface area contributed by atoms with Crippen molar-refractivity contribution in [3.63, 3.8) is 0 Å². The van der Waals surface area contributed by atoms with Crippen molar-refractivity contribution in [3.8, 4) is 0 Å². The van der Waals surface area contributed by atoms with E-state index >= 15 is 0 Å². The Hall–Kier alpha value is -0.980. The van der Waals surface area contributed by atoms with Gasteiger partial charge in [0, 0.05) is 19.2 Å². The number of aryl methyl sites for hydroxylation is 2. The van der Waals surface area contributed by atoms with E-state index in [0.717, 1.165) is 18.7 Å². The molecule has 134 valence electrons. The lowest BCUT2D eigenvalue weighted by atomic mass is 9.96. The molecule has 0 bridgehead atoms. The maximum absolute atomic E-state index is 9.24. The smallest absolute Gasteiger partial charge is 0.141 e. The highest BCUT2D eigenvalue weighted by Crippen LogP contribution is 2.10. The van der Waals surface area contributed by atoms with Gasteiger partial charge in [0.2, 0.25) is 0 Å². The van der Waals surface area contributed by atoms with Crippen molar-refractivity contribution in [1.29, 1.82) is 0 Å². The van der Waals surface area contributed by atoms with Crippen LogP contribution in [-0.2, 0) is 13.0 Å². The van der Waals surface area contributed by atoms with Crippen LogP contribution >= 0.6 is 0 Å². The number of aliphatic hydroxyl groups is 2. The molecule has 0 aliphatic heterocycles. The lowest BCUT2D eigenvalue weighted by Crippen LogP contribution is -2.76. The van der Waals surface area contributed by atoms with Crippen LogP contribution in [0.4, 0.5) is 0 Å². The highest BCUT2D eigenvalue weighted by Gasteiger charge is 2.27. The third-order valence-electron chi connectivity index (χ3n) is 4.41. The number of unbranched alkanes of at least 4 members (excludes halogenated alkanes) is 7. The summed E-state index contributed by atoms with van der Waals surface area (Å²) in [5.41, 5.74) is 4.09. The van der Waals surface area contributed by atoms with Gasteiger partial charge in [0.15, 0.2) is 0 Å². The summed E-state index contributed by atoms with van der Waals surface area (Å²) in [6.45, 7) is 2.93. The monoisotopic (exact) mass is 327 g/mol. The highest BCUT2D eigenvalue weighted by atomic mass is 16.3. The van der Waals surface area contributed by atoms with Crippen LogP contribution < -0.4 is 5.73 Å². The van der Waals surface area contributed by atoms with Crippen LogP contribution in [0.5, 0.6) is 0 Å². The van der Waals surface area contributed by atoms with Crippen LogP contribution in [0.1, 0.15) is 70.4 Å². The van der Waals surface area contributed by atoms with Gasteiger partial charge >= 0.3 is 0 Å². The van der Waals surface area contributed by atoms with Crippen LogP contribution in [0.25, 0.3) is 0 Å². The van der Waals surface area contributed by atoms with E-state index in [-0.39, 0.29) is 13.2 Å². The van der Waals surface area contributed by atoms with Gasteiger partial charge in [-0.05, 0) is 12.8 Å². The van der Waals surface area contributed by atoms with Gasteiger partial charge in [0.1, 0.15) is 18.8 Å². The van der Waals surface area contributed by atoms with Crippen molar-refractivity contribution >= 4 is 0 Å². The van der Waals surface area contributed by atoms with Gasteiger partial charge in [0.25, 0.3) is 0 Å². The Labute approximate surface area is 140 Å². The molecule has 0 spiro atoms. The molecule has 0 unspecified atom stereocenters. The van der Waals surface area contributed by atoms with Gasteiger partial charge in [-0.3, -0.25) is 4.68 Å². The van der Waals surface area contributed by atoms with Gasteiger partial charge in [-0.15, -0.1) is 5.10 Å². The quantitative estimate of drug-likeness (QED) is 0.449. The fourth-order valence-electron chi connectivity index (χ4n) is 2.57. The van der Waals surface area contributed by atoms with E-state index in [4.69, 9.17) is 0 Å². The lowest BCUT2D eigenvalue weighted by Gasteiger charge is -2.19. The van der Waals surface area contributed by atoms with Crippen molar-refractivity contribution in [2.75, 3.05) is 13.2 Å². The number of quaternary nitrogens is 1. The van der Waals surface area contributed by atoms with E-state index in [1.807, 2.05) is 10.9 Å². The number of aliphatic hydroxyl groups excluding tert-OH is 2. The largest absolute Gasteiger partial charge is 0.390 e. The van der Waals surface area contributed by atoms with Crippen molar-refractivity contribution in [3.05, 3.63) is 11.9 Å². The predicted octanol–water partition coefficient (Wildman–Crippen LogP) is 1.32. The fraction of sp³-hybridized carbons (Fsp3) is 0.882. The standard InChI is InChI=1S/C17H34N4O2/c1-2-3-4-5-6-7-8-9-12-21-13-16(19-20-21)10-11-17(18,14-22)15-23/h13,22-23H,2-12,14-15,18H2,1H3/p+1. The zero-order valence-corrected chi connectivity index (χ0v) is 14.7. The molecule has 1 rings (SSSR count). The first kappa shape index (κ1) is 20.1. The molecule has 0 aromatic carbocycles. The fourth-order valence-corrected chi connectivity index (χ4v) is 2.57. The van der Waals surface area contributed by atoms with Gasteiger partial charge in [-0.2, -0.15) is 0 Å². The summed E-state index contributed by atoms with van der Waals surface area (Å²) >= 11 is 0. The molecule has 6 heteroatoms. The first-order valence-corrected chi connectivity index (χ1v) is 9.09. The van der Waals surface area contributed by atoms with E-state index < -0.39 is 5.54 Å². The van der Waals surface area contributed by atoms with Gasteiger partial charge < -0.3 is 15.9 Å². The van der Waals surface area contributed by atoms with E-state index in [0.29, 0.717) is 12.8 Å². The van der Waals surface area contributed by atoms with Crippen LogP contribution in [0, 0.1) is 0 Å². The molecule has 0 amide bonds. The Bertz CT molecular complexity index is 405. The van der Waals surface area contributed by atoms with E-state index in [1.54, 1.807) is 0 Å². The topological polar surface area (TPSA) is 98.8 Å². The molecule has 1 aromatic heterocycles. The maximum atomic E-state index is 9.24. The van der Waals surface area contributed by atoms with Crippen molar-refractivity contribution in [2.45, 2.75) is 83.2 Å². The third kappa shape index (κ3) is 8.44. The first-order chi connectivity index (χ1) is 11.1. The minimum Gasteiger partial charge on any atom is -0.390 e. The highest BCUT2D eigenvalue weighted by molar-refractivity contribution is 4.94. The average molecular weight is 327 g/mol. The SMILES string of the molecule is CCCCCCCCCCn1cc(CCC([NH3+])(CO)CO)nn1. The second-order valence-corrected chi connectivity index (χ2v) is 6.76. The molecular weight excluding hydrogens is 292 g/mol.